The topological polar surface area (TPSA) is 52.8 Å². The van der Waals surface area contributed by atoms with Gasteiger partial charge in [0.25, 0.3) is 0 Å². The molecule has 0 bridgehead atoms. The zero-order valence-corrected chi connectivity index (χ0v) is 12.1. The van der Waals surface area contributed by atoms with Gasteiger partial charge < -0.3 is 4.74 Å². The Bertz CT molecular complexity index is 525. The number of ether oxygens (including phenoxy) is 1. The molecule has 1 atom stereocenters. The van der Waals surface area contributed by atoms with E-state index in [1.54, 1.807) is 16.4 Å². The second kappa shape index (κ2) is 6.85. The first-order valence-electron chi connectivity index (χ1n) is 7.02. The summed E-state index contributed by atoms with van der Waals surface area (Å²) in [4.78, 5) is 0. The quantitative estimate of drug-likeness (QED) is 0.792. The molecule has 0 radical (unpaired) electrons. The zero-order chi connectivity index (χ0) is 13.6. The number of nitrogens with zero attached hydrogens (tertiary/aromatic N) is 4. The summed E-state index contributed by atoms with van der Waals surface area (Å²) < 4.78 is 7.52. The maximum absolute atomic E-state index is 5.74. The van der Waals surface area contributed by atoms with Gasteiger partial charge in [0.15, 0.2) is 0 Å². The minimum absolute atomic E-state index is 0.414. The lowest BCUT2D eigenvalue weighted by atomic mass is 10.1. The van der Waals surface area contributed by atoms with E-state index in [0.717, 1.165) is 29.6 Å². The summed E-state index contributed by atoms with van der Waals surface area (Å²) in [6.45, 7) is 0.914. The molecule has 1 aromatic carbocycles. The number of benzene rings is 1. The summed E-state index contributed by atoms with van der Waals surface area (Å²) >= 11 is 1.69. The van der Waals surface area contributed by atoms with Crippen LogP contribution in [0, 0.1) is 0 Å². The minimum Gasteiger partial charge on any atom is -0.378 e. The molecule has 1 unspecified atom stereocenters. The maximum Gasteiger partial charge on any atom is 0.214 e. The molecule has 1 aliphatic rings. The Hall–Kier alpha value is -1.40. The van der Waals surface area contributed by atoms with Gasteiger partial charge in [-0.3, -0.25) is 0 Å². The Kier molecular flexibility index (Phi) is 4.65. The molecule has 5 nitrogen and oxygen atoms in total. The van der Waals surface area contributed by atoms with Crippen LogP contribution in [0.2, 0.25) is 0 Å². The average molecular weight is 290 g/mol. The highest BCUT2D eigenvalue weighted by Gasteiger charge is 2.15. The van der Waals surface area contributed by atoms with Gasteiger partial charge in [0.1, 0.15) is 0 Å². The van der Waals surface area contributed by atoms with Crippen LogP contribution < -0.4 is 0 Å². The number of tetrazole rings is 1. The number of aromatic nitrogens is 4. The lowest BCUT2D eigenvalue weighted by Gasteiger charge is -2.22. The molecule has 2 aromatic rings. The lowest BCUT2D eigenvalue weighted by molar-refractivity contribution is 0.0150. The normalized spacial score (nSPS) is 19.1. The van der Waals surface area contributed by atoms with Crippen LogP contribution in [0.3, 0.4) is 0 Å². The number of para-hydroxylation sites is 1. The van der Waals surface area contributed by atoms with Crippen molar-refractivity contribution in [2.24, 2.45) is 0 Å². The van der Waals surface area contributed by atoms with E-state index >= 15 is 0 Å². The summed E-state index contributed by atoms with van der Waals surface area (Å²) in [6.07, 6.45) is 5.15. The van der Waals surface area contributed by atoms with Crippen molar-refractivity contribution in [3.8, 4) is 5.69 Å². The highest BCUT2D eigenvalue weighted by molar-refractivity contribution is 7.99. The van der Waals surface area contributed by atoms with Crippen LogP contribution in [0.25, 0.3) is 5.69 Å². The van der Waals surface area contributed by atoms with Gasteiger partial charge in [0.2, 0.25) is 5.16 Å². The maximum atomic E-state index is 5.74. The Labute approximate surface area is 122 Å². The summed E-state index contributed by atoms with van der Waals surface area (Å²) in [6, 6.07) is 9.97. The van der Waals surface area contributed by atoms with E-state index in [9.17, 15) is 0 Å². The third-order valence-electron chi connectivity index (χ3n) is 3.39. The van der Waals surface area contributed by atoms with Crippen LogP contribution >= 0.6 is 11.8 Å². The number of hydrogen-bond acceptors (Lipinski definition) is 5. The molecule has 1 aliphatic heterocycles. The van der Waals surface area contributed by atoms with Gasteiger partial charge in [-0.2, -0.15) is 4.68 Å². The second-order valence-corrected chi connectivity index (χ2v) is 5.90. The van der Waals surface area contributed by atoms with Gasteiger partial charge in [-0.25, -0.2) is 0 Å². The molecule has 106 valence electrons. The van der Waals surface area contributed by atoms with Gasteiger partial charge in [-0.15, -0.1) is 5.10 Å². The van der Waals surface area contributed by atoms with Gasteiger partial charge in [0.05, 0.1) is 11.8 Å². The number of thioether (sulfide) groups is 1. The molecule has 20 heavy (non-hydrogen) atoms. The predicted octanol–water partition coefficient (Wildman–Crippen LogP) is 2.71. The number of hydrogen-bond donors (Lipinski definition) is 0. The van der Waals surface area contributed by atoms with Crippen LogP contribution in [0.4, 0.5) is 0 Å². The molecule has 1 fully saturated rings. The third-order valence-corrected chi connectivity index (χ3v) is 4.34. The van der Waals surface area contributed by atoms with E-state index in [2.05, 4.69) is 15.5 Å². The molecule has 0 amide bonds. The minimum atomic E-state index is 0.414. The third kappa shape index (κ3) is 3.37. The smallest absolute Gasteiger partial charge is 0.214 e. The molecule has 0 aliphatic carbocycles. The van der Waals surface area contributed by atoms with Crippen LogP contribution in [-0.2, 0) is 4.74 Å². The van der Waals surface area contributed by atoms with Crippen molar-refractivity contribution < 1.29 is 4.74 Å². The Morgan fingerprint density at radius 3 is 2.95 bits per heavy atom. The summed E-state index contributed by atoms with van der Waals surface area (Å²) in [5.74, 6) is 0.984. The SMILES string of the molecule is c1ccc(-n2nnnc2SCCC2CCCCO2)cc1. The largest absolute Gasteiger partial charge is 0.378 e. The van der Waals surface area contributed by atoms with E-state index in [4.69, 9.17) is 4.74 Å². The van der Waals surface area contributed by atoms with E-state index in [1.807, 2.05) is 30.3 Å². The average Bonchev–Trinajstić information content (AvgIpc) is 2.98. The summed E-state index contributed by atoms with van der Waals surface area (Å²) in [5.41, 5.74) is 0.994. The lowest BCUT2D eigenvalue weighted by Crippen LogP contribution is -2.19. The van der Waals surface area contributed by atoms with Crippen LogP contribution in [0.1, 0.15) is 25.7 Å². The van der Waals surface area contributed by atoms with Gasteiger partial charge >= 0.3 is 0 Å². The summed E-state index contributed by atoms with van der Waals surface area (Å²) in [7, 11) is 0. The van der Waals surface area contributed by atoms with Crippen molar-refractivity contribution in [3.05, 3.63) is 30.3 Å². The van der Waals surface area contributed by atoms with Crippen molar-refractivity contribution >= 4 is 11.8 Å². The van der Waals surface area contributed by atoms with Crippen LogP contribution in [0.15, 0.2) is 35.5 Å². The molecule has 0 spiro atoms. The number of rotatable bonds is 5. The van der Waals surface area contributed by atoms with Crippen molar-refractivity contribution in [1.29, 1.82) is 0 Å². The molecule has 2 heterocycles. The first-order valence-corrected chi connectivity index (χ1v) is 8.00. The fourth-order valence-corrected chi connectivity index (χ4v) is 3.24. The molecule has 0 N–H and O–H groups in total. The van der Waals surface area contributed by atoms with Crippen molar-refractivity contribution in [1.82, 2.24) is 20.2 Å². The van der Waals surface area contributed by atoms with Gasteiger partial charge in [0, 0.05) is 12.4 Å². The second-order valence-electron chi connectivity index (χ2n) is 4.83. The fraction of sp³-hybridized carbons (Fsp3) is 0.500. The van der Waals surface area contributed by atoms with Crippen molar-refractivity contribution in [2.45, 2.75) is 36.9 Å². The molecule has 1 aromatic heterocycles. The Morgan fingerprint density at radius 1 is 1.25 bits per heavy atom. The van der Waals surface area contributed by atoms with Crippen molar-refractivity contribution in [2.75, 3.05) is 12.4 Å². The van der Waals surface area contributed by atoms with E-state index < -0.39 is 0 Å². The van der Waals surface area contributed by atoms with Crippen LogP contribution in [0.5, 0.6) is 0 Å². The van der Waals surface area contributed by atoms with Gasteiger partial charge in [-0.05, 0) is 48.2 Å². The molecular formula is C14H18N4OS. The fourth-order valence-electron chi connectivity index (χ4n) is 2.32. The molecule has 6 heteroatoms. The first kappa shape index (κ1) is 13.6. The van der Waals surface area contributed by atoms with Crippen LogP contribution in [-0.4, -0.2) is 38.7 Å². The van der Waals surface area contributed by atoms with Gasteiger partial charge in [-0.1, -0.05) is 30.0 Å². The molecule has 0 saturated carbocycles. The monoisotopic (exact) mass is 290 g/mol. The van der Waals surface area contributed by atoms with Crippen molar-refractivity contribution in [3.63, 3.8) is 0 Å². The van der Waals surface area contributed by atoms with E-state index in [0.29, 0.717) is 6.10 Å². The Balaban J connectivity index is 1.57. The summed E-state index contributed by atoms with van der Waals surface area (Å²) in [5, 5.41) is 12.8. The highest BCUT2D eigenvalue weighted by Crippen LogP contribution is 2.22. The molecule has 1 saturated heterocycles. The zero-order valence-electron chi connectivity index (χ0n) is 11.3. The molecule has 3 rings (SSSR count). The Morgan fingerprint density at radius 2 is 2.15 bits per heavy atom. The van der Waals surface area contributed by atoms with E-state index in [-0.39, 0.29) is 0 Å². The highest BCUT2D eigenvalue weighted by atomic mass is 32.2. The standard InChI is InChI=1S/C14H18N4OS/c1-2-6-12(7-3-1)18-14(15-16-17-18)20-11-9-13-8-4-5-10-19-13/h1-3,6-7,13H,4-5,8-11H2. The predicted molar refractivity (Wildman–Crippen MR) is 78.1 cm³/mol. The van der Waals surface area contributed by atoms with E-state index in [1.165, 1.54) is 19.3 Å². The first-order chi connectivity index (χ1) is 9.93. The molecular weight excluding hydrogens is 272 g/mol.